The summed E-state index contributed by atoms with van der Waals surface area (Å²) in [4.78, 5) is 31.7. The Hall–Kier alpha value is -2.83. The van der Waals surface area contributed by atoms with Crippen molar-refractivity contribution in [2.75, 3.05) is 11.4 Å². The van der Waals surface area contributed by atoms with Crippen molar-refractivity contribution in [2.24, 2.45) is 13.0 Å². The molecule has 2 aromatic heterocycles. The van der Waals surface area contributed by atoms with Crippen LogP contribution in [0.5, 0.6) is 0 Å². The maximum absolute atomic E-state index is 13.3. The van der Waals surface area contributed by atoms with E-state index in [2.05, 4.69) is 59.5 Å². The highest BCUT2D eigenvalue weighted by atomic mass is 16.2. The van der Waals surface area contributed by atoms with Crippen LogP contribution in [0.15, 0.2) is 33.9 Å². The van der Waals surface area contributed by atoms with Crippen LogP contribution in [0.2, 0.25) is 0 Å². The highest BCUT2D eigenvalue weighted by Crippen LogP contribution is 2.28. The Balaban J connectivity index is 1.93. The van der Waals surface area contributed by atoms with Gasteiger partial charge in [-0.15, -0.1) is 0 Å². The van der Waals surface area contributed by atoms with Gasteiger partial charge in [-0.05, 0) is 30.5 Å². The van der Waals surface area contributed by atoms with Gasteiger partial charge in [-0.2, -0.15) is 0 Å². The summed E-state index contributed by atoms with van der Waals surface area (Å²) >= 11 is 0. The zero-order valence-corrected chi connectivity index (χ0v) is 17.7. The third kappa shape index (κ3) is 3.18. The van der Waals surface area contributed by atoms with Crippen molar-refractivity contribution in [1.82, 2.24) is 14.1 Å². The molecule has 0 saturated carbocycles. The van der Waals surface area contributed by atoms with Gasteiger partial charge < -0.3 is 0 Å². The fourth-order valence-corrected chi connectivity index (χ4v) is 4.23. The molecule has 1 aromatic carbocycles. The lowest BCUT2D eigenvalue weighted by molar-refractivity contribution is -0.669. The topological polar surface area (TPSA) is 66.9 Å². The lowest BCUT2D eigenvalue weighted by Crippen LogP contribution is -2.52. The number of anilines is 2. The van der Waals surface area contributed by atoms with Gasteiger partial charge in [0.25, 0.3) is 5.56 Å². The van der Waals surface area contributed by atoms with Crippen molar-refractivity contribution in [3.05, 3.63) is 50.7 Å². The molecule has 1 atom stereocenters. The smallest absolute Gasteiger partial charge is 0.267 e. The van der Waals surface area contributed by atoms with E-state index in [1.807, 2.05) is 0 Å². The highest BCUT2D eigenvalue weighted by molar-refractivity contribution is 5.70. The second kappa shape index (κ2) is 7.54. The lowest BCUT2D eigenvalue weighted by atomic mass is 10.1. The summed E-state index contributed by atoms with van der Waals surface area (Å²) in [6.45, 7) is 8.46. The van der Waals surface area contributed by atoms with Crippen LogP contribution in [0.3, 0.4) is 0 Å². The number of fused-ring (bicyclic) bond motifs is 3. The van der Waals surface area contributed by atoms with E-state index in [0.717, 1.165) is 44.0 Å². The summed E-state index contributed by atoms with van der Waals surface area (Å²) in [6.07, 6.45) is 2.75. The van der Waals surface area contributed by atoms with Crippen molar-refractivity contribution in [2.45, 2.75) is 53.1 Å². The number of unbranched alkanes of at least 4 members (excludes halogenated alkanes) is 1. The summed E-state index contributed by atoms with van der Waals surface area (Å²) in [6, 6.07) is 8.56. The number of imidazole rings is 1. The van der Waals surface area contributed by atoms with Crippen molar-refractivity contribution in [3.8, 4) is 0 Å². The molecule has 29 heavy (non-hydrogen) atoms. The SMILES string of the molecule is CCCCn1c(=O)c2c([nH]c3[n+]2C[C@@H](C)CN3c2ccc(CC)cc2)n(C)c1=O. The van der Waals surface area contributed by atoms with E-state index < -0.39 is 0 Å². The molecule has 1 N–H and O–H groups in total. The quantitative estimate of drug-likeness (QED) is 0.674. The summed E-state index contributed by atoms with van der Waals surface area (Å²) in [7, 11) is 1.73. The minimum atomic E-state index is -0.262. The monoisotopic (exact) mass is 396 g/mol. The van der Waals surface area contributed by atoms with Crippen LogP contribution < -0.4 is 20.7 Å². The summed E-state index contributed by atoms with van der Waals surface area (Å²) in [5.41, 5.74) is 3.10. The van der Waals surface area contributed by atoms with Gasteiger partial charge in [0.05, 0.1) is 13.1 Å². The normalized spacial score (nSPS) is 16.4. The molecule has 154 valence electrons. The van der Waals surface area contributed by atoms with Crippen LogP contribution in [0.4, 0.5) is 11.6 Å². The average Bonchev–Trinajstić information content (AvgIpc) is 3.11. The molecule has 3 aromatic rings. The molecule has 7 nitrogen and oxygen atoms in total. The van der Waals surface area contributed by atoms with Crippen LogP contribution in [0.25, 0.3) is 11.2 Å². The molecule has 7 heteroatoms. The second-order valence-electron chi connectivity index (χ2n) is 8.14. The molecule has 3 heterocycles. The maximum Gasteiger partial charge on any atom is 0.364 e. The number of hydrogen-bond donors (Lipinski definition) is 1. The molecule has 0 aliphatic carbocycles. The van der Waals surface area contributed by atoms with Crippen molar-refractivity contribution in [3.63, 3.8) is 0 Å². The van der Waals surface area contributed by atoms with Gasteiger partial charge in [0.15, 0.2) is 0 Å². The number of hydrogen-bond acceptors (Lipinski definition) is 3. The first-order valence-electron chi connectivity index (χ1n) is 10.6. The predicted octanol–water partition coefficient (Wildman–Crippen LogP) is 2.47. The van der Waals surface area contributed by atoms with Gasteiger partial charge in [0.1, 0.15) is 5.69 Å². The van der Waals surface area contributed by atoms with E-state index in [0.29, 0.717) is 23.6 Å². The summed E-state index contributed by atoms with van der Waals surface area (Å²) < 4.78 is 5.01. The zero-order chi connectivity index (χ0) is 20.7. The fraction of sp³-hybridized carbons (Fsp3) is 0.500. The highest BCUT2D eigenvalue weighted by Gasteiger charge is 2.35. The maximum atomic E-state index is 13.3. The zero-order valence-electron chi connectivity index (χ0n) is 17.7. The molecule has 0 fully saturated rings. The molecular formula is C22H30N5O2+. The van der Waals surface area contributed by atoms with Gasteiger partial charge in [0, 0.05) is 19.5 Å². The number of aromatic amines is 1. The molecule has 4 rings (SSSR count). The third-order valence-corrected chi connectivity index (χ3v) is 5.92. The molecule has 0 bridgehead atoms. The fourth-order valence-electron chi connectivity index (χ4n) is 4.23. The minimum Gasteiger partial charge on any atom is -0.267 e. The molecule has 0 amide bonds. The van der Waals surface area contributed by atoms with E-state index in [9.17, 15) is 9.59 Å². The number of nitrogens with zero attached hydrogens (tertiary/aromatic N) is 4. The van der Waals surface area contributed by atoms with Crippen molar-refractivity contribution < 1.29 is 4.57 Å². The number of H-pyrrole nitrogens is 1. The molecule has 1 aliphatic heterocycles. The van der Waals surface area contributed by atoms with Crippen LogP contribution in [0, 0.1) is 5.92 Å². The Morgan fingerprint density at radius 2 is 1.90 bits per heavy atom. The van der Waals surface area contributed by atoms with Gasteiger partial charge in [-0.3, -0.25) is 13.9 Å². The first-order chi connectivity index (χ1) is 14.0. The molecule has 0 saturated heterocycles. The van der Waals surface area contributed by atoms with E-state index in [-0.39, 0.29) is 11.2 Å². The minimum absolute atomic E-state index is 0.200. The number of rotatable bonds is 5. The first-order valence-corrected chi connectivity index (χ1v) is 10.6. The summed E-state index contributed by atoms with van der Waals surface area (Å²) in [5, 5.41) is 0. The van der Waals surface area contributed by atoms with Gasteiger partial charge >= 0.3 is 11.6 Å². The lowest BCUT2D eigenvalue weighted by Gasteiger charge is -2.26. The van der Waals surface area contributed by atoms with Crippen LogP contribution >= 0.6 is 0 Å². The van der Waals surface area contributed by atoms with E-state index in [1.54, 1.807) is 11.6 Å². The largest absolute Gasteiger partial charge is 0.364 e. The van der Waals surface area contributed by atoms with Crippen LogP contribution in [0.1, 0.15) is 39.2 Å². The van der Waals surface area contributed by atoms with E-state index in [4.69, 9.17) is 0 Å². The first kappa shape index (κ1) is 19.5. The Morgan fingerprint density at radius 3 is 2.55 bits per heavy atom. The Labute approximate surface area is 170 Å². The van der Waals surface area contributed by atoms with E-state index >= 15 is 0 Å². The second-order valence-corrected chi connectivity index (χ2v) is 8.14. The van der Waals surface area contributed by atoms with Crippen LogP contribution in [-0.4, -0.2) is 20.7 Å². The molecule has 0 spiro atoms. The van der Waals surface area contributed by atoms with Crippen molar-refractivity contribution in [1.29, 1.82) is 0 Å². The molecular weight excluding hydrogens is 366 g/mol. The third-order valence-electron chi connectivity index (χ3n) is 5.92. The molecule has 0 unspecified atom stereocenters. The Bertz CT molecular complexity index is 1150. The van der Waals surface area contributed by atoms with Crippen molar-refractivity contribution >= 4 is 22.8 Å². The standard InChI is InChI=1S/C22H29N5O2/c1-5-7-12-25-20(28)18-19(24(4)22(25)29)23-21-26(13-15(3)14-27(18)21)17-10-8-16(6-2)9-11-17/h8-11,15H,5-7,12-14H2,1-4H3/p+1/t15-/m0/s1. The number of nitrogens with one attached hydrogen (secondary N) is 1. The Kier molecular flexibility index (Phi) is 5.06. The van der Waals surface area contributed by atoms with E-state index in [1.165, 1.54) is 10.1 Å². The molecule has 1 aliphatic rings. The number of aryl methyl sites for hydroxylation is 2. The average molecular weight is 397 g/mol. The van der Waals surface area contributed by atoms with Gasteiger partial charge in [-0.25, -0.2) is 19.2 Å². The van der Waals surface area contributed by atoms with Gasteiger partial charge in [0.2, 0.25) is 11.2 Å². The van der Waals surface area contributed by atoms with Gasteiger partial charge in [-0.1, -0.05) is 39.3 Å². The predicted molar refractivity (Wildman–Crippen MR) is 115 cm³/mol. The van der Waals surface area contributed by atoms with Crippen LogP contribution in [-0.2, 0) is 26.6 Å². The summed E-state index contributed by atoms with van der Waals surface area (Å²) in [5.74, 6) is 1.24. The number of benzene rings is 1. The molecule has 0 radical (unpaired) electrons. The number of aromatic nitrogens is 4. The Morgan fingerprint density at radius 1 is 1.17 bits per heavy atom.